The van der Waals surface area contributed by atoms with Crippen LogP contribution in [0.1, 0.15) is 79.1 Å². The molecule has 0 aromatic rings. The Morgan fingerprint density at radius 2 is 1.23 bits per heavy atom. The van der Waals surface area contributed by atoms with Gasteiger partial charge in [0, 0.05) is 25.4 Å². The van der Waals surface area contributed by atoms with Crippen molar-refractivity contribution in [2.75, 3.05) is 33.5 Å². The van der Waals surface area contributed by atoms with Crippen molar-refractivity contribution in [3.63, 3.8) is 0 Å². The molecule has 0 unspecified atom stereocenters. The fraction of sp³-hybridized carbons (Fsp3) is 1.00. The summed E-state index contributed by atoms with van der Waals surface area (Å²) in [4.78, 5) is 0. The Morgan fingerprint density at radius 1 is 0.591 bits per heavy atom. The highest BCUT2D eigenvalue weighted by atomic mass is 16.8. The van der Waals surface area contributed by atoms with Crippen molar-refractivity contribution < 1.29 is 98.8 Å². The lowest BCUT2D eigenvalue weighted by atomic mass is 9.44. The zero-order valence-electron chi connectivity index (χ0n) is 38.6. The minimum Gasteiger partial charge on any atom is -0.394 e. The molecule has 1 spiro atoms. The third kappa shape index (κ3) is 8.06. The summed E-state index contributed by atoms with van der Waals surface area (Å²) in [6, 6.07) is 0. The van der Waals surface area contributed by atoms with Crippen LogP contribution in [0, 0.1) is 52.3 Å². The first-order valence-corrected chi connectivity index (χ1v) is 24.4. The quantitative estimate of drug-likeness (QED) is 0.104. The van der Waals surface area contributed by atoms with Crippen LogP contribution in [0.3, 0.4) is 0 Å². The van der Waals surface area contributed by atoms with Crippen molar-refractivity contribution in [3.8, 4) is 0 Å². The monoisotopic (exact) mass is 948 g/mol. The van der Waals surface area contributed by atoms with Gasteiger partial charge in [-0.25, -0.2) is 0 Å². The van der Waals surface area contributed by atoms with Gasteiger partial charge in [0.1, 0.15) is 73.2 Å². The van der Waals surface area contributed by atoms with Crippen molar-refractivity contribution in [3.05, 3.63) is 0 Å². The standard InChI is InChI=1S/C46H76O20/c1-18-8-11-46(59-17-18)19(2)28-38(66-46)32(53)29-21-7-6-20-12-24(23(50)13-45(20,4)22(21)9-10-44(28,29)3)60-41-36(57)34(55)37(27(16-49)63-41)64-43-40(39(58-5)31(52)26(15-48)62-43)65-42-35(56)33(54)30(51)25(14-47)61-42/h18-43,47-57H,6-17H2,1-5H3/t18-,19+,20+,21-,22+,23-,24-,25-,26-,27-,28+,29-,30+,31-,32+,33+,34-,35-,36-,37+,38-,39+,40-,41-,42+,43+,44-,45+,46-/m1/s1. The molecule has 5 saturated heterocycles. The van der Waals surface area contributed by atoms with E-state index in [4.69, 9.17) is 42.6 Å². The Labute approximate surface area is 385 Å². The van der Waals surface area contributed by atoms with Gasteiger partial charge in [0.15, 0.2) is 24.7 Å². The van der Waals surface area contributed by atoms with Gasteiger partial charge in [-0.15, -0.1) is 0 Å². The lowest BCUT2D eigenvalue weighted by Gasteiger charge is -2.62. The Hall–Kier alpha value is -0.800. The maximum atomic E-state index is 12.2. The molecule has 5 aliphatic heterocycles. The van der Waals surface area contributed by atoms with E-state index in [9.17, 15) is 56.2 Å². The first-order chi connectivity index (χ1) is 31.4. The number of hydrogen-bond donors (Lipinski definition) is 11. The zero-order chi connectivity index (χ0) is 47.4. The van der Waals surface area contributed by atoms with Crippen LogP contribution < -0.4 is 0 Å². The maximum absolute atomic E-state index is 12.2. The fourth-order valence-corrected chi connectivity index (χ4v) is 15.0. The Kier molecular flexibility index (Phi) is 14.4. The molecule has 0 aromatic carbocycles. The van der Waals surface area contributed by atoms with E-state index in [2.05, 4.69) is 27.7 Å². The van der Waals surface area contributed by atoms with Gasteiger partial charge in [-0.05, 0) is 85.4 Å². The Bertz CT molecular complexity index is 1650. The van der Waals surface area contributed by atoms with Crippen LogP contribution in [0.25, 0.3) is 0 Å². The molecule has 9 rings (SSSR count). The van der Waals surface area contributed by atoms with E-state index < -0.39 is 136 Å². The second kappa shape index (κ2) is 19.0. The summed E-state index contributed by atoms with van der Waals surface area (Å²) in [7, 11) is 1.22. The molecule has 380 valence electrons. The minimum atomic E-state index is -1.86. The van der Waals surface area contributed by atoms with E-state index in [1.54, 1.807) is 0 Å². The van der Waals surface area contributed by atoms with E-state index >= 15 is 0 Å². The average molecular weight is 949 g/mol. The predicted molar refractivity (Wildman–Crippen MR) is 223 cm³/mol. The smallest absolute Gasteiger partial charge is 0.187 e. The summed E-state index contributed by atoms with van der Waals surface area (Å²) < 4.78 is 54.7. The Morgan fingerprint density at radius 3 is 1.89 bits per heavy atom. The van der Waals surface area contributed by atoms with Crippen LogP contribution in [0.4, 0.5) is 0 Å². The van der Waals surface area contributed by atoms with Crippen LogP contribution in [-0.4, -0.2) is 212 Å². The van der Waals surface area contributed by atoms with Crippen LogP contribution in [0.15, 0.2) is 0 Å². The van der Waals surface area contributed by atoms with Crippen molar-refractivity contribution in [1.29, 1.82) is 0 Å². The van der Waals surface area contributed by atoms with Crippen LogP contribution in [-0.2, 0) is 42.6 Å². The van der Waals surface area contributed by atoms with E-state index in [1.165, 1.54) is 7.11 Å². The van der Waals surface area contributed by atoms with E-state index in [1.807, 2.05) is 0 Å². The molecule has 20 heteroatoms. The van der Waals surface area contributed by atoms with Gasteiger partial charge < -0.3 is 98.8 Å². The molecule has 0 bridgehead atoms. The normalized spacial score (nSPS) is 58.4. The van der Waals surface area contributed by atoms with Crippen molar-refractivity contribution in [2.45, 2.75) is 201 Å². The number of hydrogen-bond acceptors (Lipinski definition) is 20. The number of methoxy groups -OCH3 is 1. The van der Waals surface area contributed by atoms with Gasteiger partial charge in [-0.1, -0.05) is 27.7 Å². The van der Waals surface area contributed by atoms with E-state index in [0.29, 0.717) is 25.4 Å². The topological polar surface area (TPSA) is 306 Å². The summed E-state index contributed by atoms with van der Waals surface area (Å²) in [5.41, 5.74) is -0.374. The zero-order valence-corrected chi connectivity index (χ0v) is 38.6. The van der Waals surface area contributed by atoms with E-state index in [0.717, 1.165) is 38.5 Å². The van der Waals surface area contributed by atoms with Crippen LogP contribution >= 0.6 is 0 Å². The molecule has 4 saturated carbocycles. The molecule has 5 heterocycles. The van der Waals surface area contributed by atoms with Crippen molar-refractivity contribution >= 4 is 0 Å². The highest BCUT2D eigenvalue weighted by Crippen LogP contribution is 2.71. The fourth-order valence-electron chi connectivity index (χ4n) is 15.0. The van der Waals surface area contributed by atoms with Gasteiger partial charge in [0.05, 0.1) is 50.8 Å². The number of ether oxygens (including phenoxy) is 9. The highest BCUT2D eigenvalue weighted by Gasteiger charge is 2.73. The SMILES string of the molecule is CO[C@H]1[C@H](O)[C@@H](CO)O[C@@H](O[C@@H]2[C@H](O)[C@@H](O)[C@H](O[C@@H]3C[C@@H]4CC[C@H]5[C@@H]6[C@H](O)[C@@H]7O[C@]8(CC[C@@H](C)CO8)[C@@H](C)[C@@H]7[C@@]6(C)CC[C@@H]5[C@@]4(C)C[C@H]3O)O[C@@H]2CO)[C@@H]1O[C@@H]1O[C@H](CO)[C@H](O)[C@H](O)[C@H]1O. The number of rotatable bonds is 10. The summed E-state index contributed by atoms with van der Waals surface area (Å²) in [5, 5.41) is 120. The third-order valence-corrected chi connectivity index (χ3v) is 18.6. The largest absolute Gasteiger partial charge is 0.394 e. The van der Waals surface area contributed by atoms with Gasteiger partial charge in [-0.3, -0.25) is 0 Å². The maximum Gasteiger partial charge on any atom is 0.187 e. The summed E-state index contributed by atoms with van der Waals surface area (Å²) >= 11 is 0. The summed E-state index contributed by atoms with van der Waals surface area (Å²) in [6.07, 6.45) is -20.1. The molecule has 29 atom stereocenters. The first-order valence-electron chi connectivity index (χ1n) is 24.4. The summed E-state index contributed by atoms with van der Waals surface area (Å²) in [5.74, 6) is 0.904. The molecule has 9 fully saturated rings. The molecule has 0 aromatic heterocycles. The molecule has 0 radical (unpaired) electrons. The molecule has 11 N–H and O–H groups in total. The third-order valence-electron chi connectivity index (χ3n) is 18.6. The summed E-state index contributed by atoms with van der Waals surface area (Å²) in [6.45, 7) is 7.53. The minimum absolute atomic E-state index is 0.0591. The molecule has 4 aliphatic carbocycles. The van der Waals surface area contributed by atoms with Gasteiger partial charge in [0.2, 0.25) is 0 Å². The molecule has 20 nitrogen and oxygen atoms in total. The van der Waals surface area contributed by atoms with Gasteiger partial charge in [0.25, 0.3) is 0 Å². The van der Waals surface area contributed by atoms with Crippen molar-refractivity contribution in [2.24, 2.45) is 52.3 Å². The molecule has 0 amide bonds. The second-order valence-electron chi connectivity index (χ2n) is 22.0. The van der Waals surface area contributed by atoms with Gasteiger partial charge in [-0.2, -0.15) is 0 Å². The molecule has 9 aliphatic rings. The molecule has 66 heavy (non-hydrogen) atoms. The number of aliphatic hydroxyl groups is 11. The van der Waals surface area contributed by atoms with Crippen molar-refractivity contribution in [1.82, 2.24) is 0 Å². The van der Waals surface area contributed by atoms with Crippen LogP contribution in [0.2, 0.25) is 0 Å². The van der Waals surface area contributed by atoms with Gasteiger partial charge >= 0.3 is 0 Å². The number of fused-ring (bicyclic) bond motifs is 7. The second-order valence-corrected chi connectivity index (χ2v) is 22.0. The first kappa shape index (κ1) is 50.2. The lowest BCUT2D eigenvalue weighted by molar-refractivity contribution is -0.392. The Balaban J connectivity index is 0.863. The van der Waals surface area contributed by atoms with E-state index in [-0.39, 0.29) is 52.4 Å². The van der Waals surface area contributed by atoms with Crippen LogP contribution in [0.5, 0.6) is 0 Å². The molecular formula is C46H76O20. The average Bonchev–Trinajstić information content (AvgIpc) is 3.71. The number of aliphatic hydroxyl groups excluding tert-OH is 11. The predicted octanol–water partition coefficient (Wildman–Crippen LogP) is -2.14. The highest BCUT2D eigenvalue weighted by molar-refractivity contribution is 5.19. The lowest BCUT2D eigenvalue weighted by Crippen LogP contribution is -2.67. The molecular weight excluding hydrogens is 872 g/mol.